The van der Waals surface area contributed by atoms with Gasteiger partial charge in [-0.1, -0.05) is 27.2 Å². The fourth-order valence-corrected chi connectivity index (χ4v) is 3.48. The van der Waals surface area contributed by atoms with Crippen molar-refractivity contribution in [1.82, 2.24) is 5.32 Å². The summed E-state index contributed by atoms with van der Waals surface area (Å²) in [6.45, 7) is 9.25. The van der Waals surface area contributed by atoms with Crippen molar-refractivity contribution in [2.75, 3.05) is 13.2 Å². The maximum absolute atomic E-state index is 5.69. The zero-order valence-electron chi connectivity index (χ0n) is 12.5. The van der Waals surface area contributed by atoms with E-state index in [0.29, 0.717) is 11.5 Å². The molecule has 0 bridgehead atoms. The number of rotatable bonds is 3. The average Bonchev–Trinajstić information content (AvgIpc) is 2.69. The lowest BCUT2D eigenvalue weighted by molar-refractivity contribution is 0.106. The minimum Gasteiger partial charge on any atom is -0.377 e. The standard InChI is InChI=1S/C16H31NO/c1-16(2,3)13-6-4-7-14(10-9-13)17-12-15-8-5-11-18-15/h13-15,17H,4-12H2,1-3H3. The first-order chi connectivity index (χ1) is 8.55. The SMILES string of the molecule is CC(C)(C)C1CCCC(NCC2CCCO2)CC1. The van der Waals surface area contributed by atoms with Gasteiger partial charge in [0.2, 0.25) is 0 Å². The highest BCUT2D eigenvalue weighted by molar-refractivity contribution is 4.82. The van der Waals surface area contributed by atoms with Crippen LogP contribution in [0.4, 0.5) is 0 Å². The fraction of sp³-hybridized carbons (Fsp3) is 1.00. The second-order valence-corrected chi connectivity index (χ2v) is 7.31. The quantitative estimate of drug-likeness (QED) is 0.773. The first kappa shape index (κ1) is 14.3. The van der Waals surface area contributed by atoms with Gasteiger partial charge >= 0.3 is 0 Å². The highest BCUT2D eigenvalue weighted by atomic mass is 16.5. The molecule has 106 valence electrons. The summed E-state index contributed by atoms with van der Waals surface area (Å²) in [5.74, 6) is 0.909. The van der Waals surface area contributed by atoms with Gasteiger partial charge in [-0.3, -0.25) is 0 Å². The van der Waals surface area contributed by atoms with Gasteiger partial charge in [0.05, 0.1) is 6.10 Å². The monoisotopic (exact) mass is 253 g/mol. The van der Waals surface area contributed by atoms with Crippen molar-refractivity contribution in [1.29, 1.82) is 0 Å². The Balaban J connectivity index is 1.71. The van der Waals surface area contributed by atoms with Crippen LogP contribution in [0.1, 0.15) is 65.7 Å². The van der Waals surface area contributed by atoms with Crippen molar-refractivity contribution in [3.05, 3.63) is 0 Å². The van der Waals surface area contributed by atoms with Crippen LogP contribution in [0, 0.1) is 11.3 Å². The summed E-state index contributed by atoms with van der Waals surface area (Å²) in [7, 11) is 0. The zero-order valence-corrected chi connectivity index (χ0v) is 12.5. The Morgan fingerprint density at radius 3 is 2.50 bits per heavy atom. The van der Waals surface area contributed by atoms with Gasteiger partial charge in [-0.25, -0.2) is 0 Å². The molecule has 1 N–H and O–H groups in total. The summed E-state index contributed by atoms with van der Waals surface area (Å²) in [4.78, 5) is 0. The Labute approximate surface area is 113 Å². The normalized spacial score (nSPS) is 34.5. The van der Waals surface area contributed by atoms with Crippen molar-refractivity contribution < 1.29 is 4.74 Å². The van der Waals surface area contributed by atoms with Gasteiger partial charge in [0.1, 0.15) is 0 Å². The molecule has 2 heteroatoms. The van der Waals surface area contributed by atoms with Crippen LogP contribution in [0.25, 0.3) is 0 Å². The fourth-order valence-electron chi connectivity index (χ4n) is 3.48. The first-order valence-corrected chi connectivity index (χ1v) is 7.90. The van der Waals surface area contributed by atoms with Gasteiger partial charge in [0.15, 0.2) is 0 Å². The average molecular weight is 253 g/mol. The van der Waals surface area contributed by atoms with E-state index in [2.05, 4.69) is 26.1 Å². The Bertz CT molecular complexity index is 240. The number of hydrogen-bond donors (Lipinski definition) is 1. The molecule has 3 atom stereocenters. The second-order valence-electron chi connectivity index (χ2n) is 7.31. The lowest BCUT2D eigenvalue weighted by atomic mass is 9.76. The van der Waals surface area contributed by atoms with E-state index in [9.17, 15) is 0 Å². The Morgan fingerprint density at radius 1 is 1.00 bits per heavy atom. The maximum atomic E-state index is 5.69. The molecule has 1 aliphatic heterocycles. The molecule has 1 heterocycles. The van der Waals surface area contributed by atoms with Crippen LogP contribution in [-0.2, 0) is 4.74 Å². The van der Waals surface area contributed by atoms with E-state index in [0.717, 1.165) is 25.1 Å². The summed E-state index contributed by atoms with van der Waals surface area (Å²) < 4.78 is 5.69. The molecule has 1 aliphatic carbocycles. The zero-order chi connectivity index (χ0) is 13.0. The van der Waals surface area contributed by atoms with E-state index >= 15 is 0 Å². The summed E-state index contributed by atoms with van der Waals surface area (Å²) in [6, 6.07) is 0.738. The molecule has 0 amide bonds. The summed E-state index contributed by atoms with van der Waals surface area (Å²) in [5, 5.41) is 3.75. The minimum absolute atomic E-state index is 0.490. The van der Waals surface area contributed by atoms with Gasteiger partial charge in [-0.15, -0.1) is 0 Å². The summed E-state index contributed by atoms with van der Waals surface area (Å²) in [6.07, 6.45) is 9.92. The molecule has 0 aromatic rings. The van der Waals surface area contributed by atoms with Crippen molar-refractivity contribution in [3.8, 4) is 0 Å². The van der Waals surface area contributed by atoms with Gasteiger partial charge in [0.25, 0.3) is 0 Å². The molecule has 0 aromatic heterocycles. The molecular weight excluding hydrogens is 222 g/mol. The molecule has 3 unspecified atom stereocenters. The van der Waals surface area contributed by atoms with Crippen LogP contribution in [-0.4, -0.2) is 25.3 Å². The predicted molar refractivity (Wildman–Crippen MR) is 76.8 cm³/mol. The molecular formula is C16H31NO. The van der Waals surface area contributed by atoms with Crippen molar-refractivity contribution in [2.45, 2.75) is 77.9 Å². The molecule has 0 spiro atoms. The molecule has 0 aromatic carbocycles. The molecule has 2 nitrogen and oxygen atoms in total. The topological polar surface area (TPSA) is 21.3 Å². The van der Waals surface area contributed by atoms with Crippen molar-refractivity contribution in [3.63, 3.8) is 0 Å². The van der Waals surface area contributed by atoms with E-state index in [4.69, 9.17) is 4.74 Å². The van der Waals surface area contributed by atoms with Gasteiger partial charge in [0, 0.05) is 19.2 Å². The third-order valence-corrected chi connectivity index (χ3v) is 4.85. The van der Waals surface area contributed by atoms with E-state index in [1.165, 1.54) is 44.9 Å². The maximum Gasteiger partial charge on any atom is 0.0700 e. The molecule has 2 rings (SSSR count). The first-order valence-electron chi connectivity index (χ1n) is 7.90. The molecule has 0 radical (unpaired) electrons. The lowest BCUT2D eigenvalue weighted by Gasteiger charge is -2.29. The van der Waals surface area contributed by atoms with E-state index < -0.39 is 0 Å². The lowest BCUT2D eigenvalue weighted by Crippen LogP contribution is -2.35. The second kappa shape index (κ2) is 6.38. The third kappa shape index (κ3) is 4.24. The molecule has 2 aliphatic rings. The minimum atomic E-state index is 0.490. The Hall–Kier alpha value is -0.0800. The van der Waals surface area contributed by atoms with Gasteiger partial charge in [-0.05, 0) is 49.9 Å². The summed E-state index contributed by atoms with van der Waals surface area (Å²) in [5.41, 5.74) is 0.490. The number of ether oxygens (including phenoxy) is 1. The third-order valence-electron chi connectivity index (χ3n) is 4.85. The highest BCUT2D eigenvalue weighted by Gasteiger charge is 2.28. The van der Waals surface area contributed by atoms with E-state index in [-0.39, 0.29) is 0 Å². The molecule has 18 heavy (non-hydrogen) atoms. The van der Waals surface area contributed by atoms with Crippen LogP contribution < -0.4 is 5.32 Å². The van der Waals surface area contributed by atoms with E-state index in [1.807, 2.05) is 0 Å². The highest BCUT2D eigenvalue weighted by Crippen LogP contribution is 2.36. The molecule has 2 fully saturated rings. The van der Waals surface area contributed by atoms with Crippen LogP contribution in [0.3, 0.4) is 0 Å². The largest absolute Gasteiger partial charge is 0.377 e. The van der Waals surface area contributed by atoms with Gasteiger partial charge in [-0.2, -0.15) is 0 Å². The van der Waals surface area contributed by atoms with Crippen LogP contribution >= 0.6 is 0 Å². The Morgan fingerprint density at radius 2 is 1.83 bits per heavy atom. The van der Waals surface area contributed by atoms with Crippen LogP contribution in [0.15, 0.2) is 0 Å². The summed E-state index contributed by atoms with van der Waals surface area (Å²) >= 11 is 0. The molecule has 1 saturated carbocycles. The van der Waals surface area contributed by atoms with Crippen LogP contribution in [0.2, 0.25) is 0 Å². The predicted octanol–water partition coefficient (Wildman–Crippen LogP) is 3.75. The van der Waals surface area contributed by atoms with Crippen LogP contribution in [0.5, 0.6) is 0 Å². The Kier molecular flexibility index (Phi) is 5.08. The van der Waals surface area contributed by atoms with E-state index in [1.54, 1.807) is 0 Å². The van der Waals surface area contributed by atoms with Gasteiger partial charge < -0.3 is 10.1 Å². The van der Waals surface area contributed by atoms with Crippen molar-refractivity contribution >= 4 is 0 Å². The van der Waals surface area contributed by atoms with Crippen molar-refractivity contribution in [2.24, 2.45) is 11.3 Å². The molecule has 1 saturated heterocycles. The number of hydrogen-bond acceptors (Lipinski definition) is 2. The smallest absolute Gasteiger partial charge is 0.0700 e. The number of nitrogens with one attached hydrogen (secondary N) is 1.